The van der Waals surface area contributed by atoms with Gasteiger partial charge in [-0.25, -0.2) is 8.78 Å². The first-order valence-corrected chi connectivity index (χ1v) is 3.49. The van der Waals surface area contributed by atoms with Crippen molar-refractivity contribution in [3.05, 3.63) is 27.7 Å². The topological polar surface area (TPSA) is 79.1 Å². The van der Waals surface area contributed by atoms with E-state index in [0.29, 0.717) is 0 Å². The van der Waals surface area contributed by atoms with E-state index in [-0.39, 0.29) is 12.1 Å². The molecule has 13 heavy (non-hydrogen) atoms. The zero-order valence-corrected chi connectivity index (χ0v) is 6.55. The monoisotopic (exact) mass is 190 g/mol. The van der Waals surface area contributed by atoms with Crippen molar-refractivity contribution < 1.29 is 13.9 Å². The van der Waals surface area contributed by atoms with E-state index in [9.17, 15) is 13.6 Å². The fraction of sp³-hybridized carbons (Fsp3) is 0.286. The number of nitrogens with two attached hydrogens (primary N) is 1. The minimum absolute atomic E-state index is 0.282. The molecule has 72 valence electrons. The third kappa shape index (κ3) is 1.67. The summed E-state index contributed by atoms with van der Waals surface area (Å²) in [5.74, 6) is -0.607. The molecule has 0 aromatic carbocycles. The smallest absolute Gasteiger partial charge is 0.278 e. The molecule has 0 fully saturated rings. The van der Waals surface area contributed by atoms with Crippen LogP contribution < -0.4 is 11.2 Å². The third-order valence-electron chi connectivity index (χ3n) is 1.62. The fourth-order valence-electron chi connectivity index (χ4n) is 0.973. The quantitative estimate of drug-likeness (QED) is 0.634. The number of hydrogen-bond acceptors (Lipinski definition) is 3. The molecule has 1 aromatic heterocycles. The highest BCUT2D eigenvalue weighted by molar-refractivity contribution is 5.29. The Hall–Kier alpha value is -1.43. The molecule has 0 spiro atoms. The molecule has 0 atom stereocenters. The van der Waals surface area contributed by atoms with Crippen LogP contribution in [0.3, 0.4) is 0 Å². The van der Waals surface area contributed by atoms with Gasteiger partial charge >= 0.3 is 0 Å². The van der Waals surface area contributed by atoms with E-state index >= 15 is 0 Å². The van der Waals surface area contributed by atoms with E-state index in [4.69, 9.17) is 10.8 Å². The molecule has 4 nitrogen and oxygen atoms in total. The molecule has 0 radical (unpaired) electrons. The van der Waals surface area contributed by atoms with Crippen molar-refractivity contribution in [1.82, 2.24) is 4.98 Å². The molecular formula is C7H8F2N2O2. The van der Waals surface area contributed by atoms with Crippen LogP contribution in [-0.2, 0) is 6.54 Å². The predicted molar refractivity (Wildman–Crippen MR) is 41.6 cm³/mol. The molecule has 0 saturated heterocycles. The zero-order valence-electron chi connectivity index (χ0n) is 6.55. The Bertz CT molecular complexity index is 362. The summed E-state index contributed by atoms with van der Waals surface area (Å²) >= 11 is 0. The van der Waals surface area contributed by atoms with Crippen molar-refractivity contribution in [2.24, 2.45) is 5.73 Å². The zero-order chi connectivity index (χ0) is 10.0. The summed E-state index contributed by atoms with van der Waals surface area (Å²) in [6.07, 6.45) is -1.98. The first-order chi connectivity index (χ1) is 6.07. The van der Waals surface area contributed by atoms with Crippen LogP contribution in [0.2, 0.25) is 0 Å². The predicted octanol–water partition coefficient (Wildman–Crippen LogP) is 0.477. The van der Waals surface area contributed by atoms with Gasteiger partial charge in [-0.05, 0) is 0 Å². The van der Waals surface area contributed by atoms with E-state index in [1.165, 1.54) is 0 Å². The van der Waals surface area contributed by atoms with Gasteiger partial charge < -0.3 is 15.8 Å². The number of pyridine rings is 1. The molecule has 4 N–H and O–H groups in total. The highest BCUT2D eigenvalue weighted by atomic mass is 19.3. The van der Waals surface area contributed by atoms with Crippen LogP contribution >= 0.6 is 0 Å². The number of aromatic hydroxyl groups is 1. The number of aromatic amines is 1. The molecule has 0 saturated carbocycles. The van der Waals surface area contributed by atoms with Crippen LogP contribution in [-0.4, -0.2) is 10.1 Å². The van der Waals surface area contributed by atoms with Gasteiger partial charge in [0.25, 0.3) is 6.43 Å². The summed E-state index contributed by atoms with van der Waals surface area (Å²) in [4.78, 5) is 13.2. The van der Waals surface area contributed by atoms with Gasteiger partial charge in [-0.15, -0.1) is 0 Å². The van der Waals surface area contributed by atoms with Gasteiger partial charge in [0.1, 0.15) is 0 Å². The van der Waals surface area contributed by atoms with Crippen molar-refractivity contribution >= 4 is 0 Å². The maximum atomic E-state index is 12.2. The van der Waals surface area contributed by atoms with Gasteiger partial charge in [-0.2, -0.15) is 0 Å². The van der Waals surface area contributed by atoms with Gasteiger partial charge in [0, 0.05) is 18.3 Å². The number of nitrogens with one attached hydrogen (secondary N) is 1. The van der Waals surface area contributed by atoms with E-state index in [1.54, 1.807) is 0 Å². The summed E-state index contributed by atoms with van der Waals surface area (Å²) < 4.78 is 24.4. The minimum Gasteiger partial charge on any atom is -0.503 e. The van der Waals surface area contributed by atoms with Gasteiger partial charge in [0.15, 0.2) is 5.75 Å². The van der Waals surface area contributed by atoms with Gasteiger partial charge in [0.2, 0.25) is 5.43 Å². The van der Waals surface area contributed by atoms with Crippen LogP contribution in [0.25, 0.3) is 0 Å². The summed E-state index contributed by atoms with van der Waals surface area (Å²) in [5.41, 5.74) is 3.42. The Balaban J connectivity index is 3.39. The number of hydrogen-bond donors (Lipinski definition) is 3. The Morgan fingerprint density at radius 3 is 2.69 bits per heavy atom. The summed E-state index contributed by atoms with van der Waals surface area (Å²) in [5, 5.41) is 8.89. The first kappa shape index (κ1) is 9.66. The van der Waals surface area contributed by atoms with E-state index in [1.807, 2.05) is 0 Å². The van der Waals surface area contributed by atoms with Crippen LogP contribution in [0.4, 0.5) is 8.78 Å². The lowest BCUT2D eigenvalue weighted by molar-refractivity contribution is 0.144. The van der Waals surface area contributed by atoms with Gasteiger partial charge in [-0.1, -0.05) is 0 Å². The van der Waals surface area contributed by atoms with Crippen molar-refractivity contribution in [2.45, 2.75) is 13.0 Å². The molecule has 0 aliphatic carbocycles. The molecule has 0 unspecified atom stereocenters. The van der Waals surface area contributed by atoms with Gasteiger partial charge in [-0.3, -0.25) is 4.79 Å². The SMILES string of the molecule is NCc1c(C(F)F)[nH]cc(O)c1=O. The fourth-order valence-corrected chi connectivity index (χ4v) is 0.973. The second-order valence-corrected chi connectivity index (χ2v) is 2.40. The molecule has 6 heteroatoms. The molecule has 0 bridgehead atoms. The normalized spacial score (nSPS) is 10.8. The summed E-state index contributed by atoms with van der Waals surface area (Å²) in [6.45, 7) is -0.330. The van der Waals surface area contributed by atoms with Crippen molar-refractivity contribution in [3.8, 4) is 5.75 Å². The van der Waals surface area contributed by atoms with Crippen molar-refractivity contribution in [2.75, 3.05) is 0 Å². The van der Waals surface area contributed by atoms with E-state index in [2.05, 4.69) is 4.98 Å². The summed E-state index contributed by atoms with van der Waals surface area (Å²) in [6, 6.07) is 0. The van der Waals surface area contributed by atoms with Crippen LogP contribution in [0.15, 0.2) is 11.0 Å². The lowest BCUT2D eigenvalue weighted by Crippen LogP contribution is -2.17. The minimum atomic E-state index is -2.80. The van der Waals surface area contributed by atoms with Crippen LogP contribution in [0, 0.1) is 0 Å². The number of alkyl halides is 2. The Kier molecular flexibility index (Phi) is 2.62. The van der Waals surface area contributed by atoms with Crippen LogP contribution in [0.1, 0.15) is 17.7 Å². The maximum Gasteiger partial charge on any atom is 0.278 e. The largest absolute Gasteiger partial charge is 0.503 e. The molecule has 0 amide bonds. The van der Waals surface area contributed by atoms with Crippen molar-refractivity contribution in [3.63, 3.8) is 0 Å². The molecular weight excluding hydrogens is 182 g/mol. The highest BCUT2D eigenvalue weighted by Crippen LogP contribution is 2.19. The first-order valence-electron chi connectivity index (χ1n) is 3.49. The van der Waals surface area contributed by atoms with Gasteiger partial charge in [0.05, 0.1) is 5.69 Å². The van der Waals surface area contributed by atoms with E-state index in [0.717, 1.165) is 6.20 Å². The maximum absolute atomic E-state index is 12.2. The lowest BCUT2D eigenvalue weighted by atomic mass is 10.2. The van der Waals surface area contributed by atoms with Crippen LogP contribution in [0.5, 0.6) is 5.75 Å². The molecule has 1 aromatic rings. The second-order valence-electron chi connectivity index (χ2n) is 2.40. The standard InChI is InChI=1S/C7H8F2N2O2/c8-7(9)5-3(1-10)6(13)4(12)2-11-5/h2,7,12H,1,10H2,(H,11,13). The van der Waals surface area contributed by atoms with Crippen molar-refractivity contribution in [1.29, 1.82) is 0 Å². The highest BCUT2D eigenvalue weighted by Gasteiger charge is 2.16. The molecule has 0 aliphatic heterocycles. The molecule has 1 heterocycles. The average Bonchev–Trinajstić information content (AvgIpc) is 2.09. The number of halogens is 2. The van der Waals surface area contributed by atoms with E-state index < -0.39 is 23.3 Å². The second kappa shape index (κ2) is 3.53. The molecule has 0 aliphatic rings. The Morgan fingerprint density at radius 2 is 2.23 bits per heavy atom. The third-order valence-corrected chi connectivity index (χ3v) is 1.62. The lowest BCUT2D eigenvalue weighted by Gasteiger charge is -2.05. The number of H-pyrrole nitrogens is 1. The average molecular weight is 190 g/mol. The number of aromatic nitrogens is 1. The summed E-state index contributed by atoms with van der Waals surface area (Å²) in [7, 11) is 0. The Morgan fingerprint density at radius 1 is 1.62 bits per heavy atom. The Labute approximate surface area is 72.0 Å². The number of rotatable bonds is 2. The molecule has 1 rings (SSSR count).